The maximum Gasteiger partial charge on any atom is 0.191 e. The van der Waals surface area contributed by atoms with E-state index in [1.165, 1.54) is 0 Å². The Hall–Kier alpha value is -3.16. The van der Waals surface area contributed by atoms with E-state index in [2.05, 4.69) is 30.7 Å². The van der Waals surface area contributed by atoms with Crippen molar-refractivity contribution in [1.29, 1.82) is 0 Å². The molecule has 0 aliphatic heterocycles. The summed E-state index contributed by atoms with van der Waals surface area (Å²) in [6, 6.07) is 5.97. The number of aliphatic imine (C=N–C) groups is 1. The van der Waals surface area contributed by atoms with E-state index < -0.39 is 0 Å². The van der Waals surface area contributed by atoms with E-state index in [4.69, 9.17) is 0 Å². The van der Waals surface area contributed by atoms with Crippen LogP contribution < -0.4 is 10.6 Å². The van der Waals surface area contributed by atoms with Gasteiger partial charge in [-0.2, -0.15) is 5.10 Å². The molecule has 3 rings (SSSR count). The molecule has 0 atom stereocenters. The van der Waals surface area contributed by atoms with E-state index in [9.17, 15) is 0 Å². The Morgan fingerprint density at radius 3 is 2.67 bits per heavy atom. The van der Waals surface area contributed by atoms with Crippen LogP contribution >= 0.6 is 0 Å². The number of nitrogens with one attached hydrogen (secondary N) is 2. The van der Waals surface area contributed by atoms with Crippen molar-refractivity contribution in [2.75, 3.05) is 7.05 Å². The normalized spacial score (nSPS) is 11.5. The van der Waals surface area contributed by atoms with Crippen LogP contribution in [-0.2, 0) is 20.1 Å². The molecule has 0 amide bonds. The third kappa shape index (κ3) is 3.78. The Morgan fingerprint density at radius 2 is 2.04 bits per heavy atom. The molecule has 0 bridgehead atoms. The first-order valence-corrected chi connectivity index (χ1v) is 7.61. The Balaban J connectivity index is 1.53. The zero-order valence-corrected chi connectivity index (χ0v) is 13.7. The average molecular weight is 324 g/mol. The van der Waals surface area contributed by atoms with Gasteiger partial charge in [0.15, 0.2) is 5.96 Å². The van der Waals surface area contributed by atoms with Crippen LogP contribution in [0.2, 0.25) is 0 Å². The van der Waals surface area contributed by atoms with Gasteiger partial charge in [0.2, 0.25) is 0 Å². The van der Waals surface area contributed by atoms with Crippen LogP contribution in [0.5, 0.6) is 0 Å². The van der Waals surface area contributed by atoms with Crippen molar-refractivity contribution in [3.63, 3.8) is 0 Å². The Bertz CT molecular complexity index is 786. The summed E-state index contributed by atoms with van der Waals surface area (Å²) in [5, 5.41) is 10.7. The maximum absolute atomic E-state index is 4.43. The minimum atomic E-state index is 0.641. The third-order valence-corrected chi connectivity index (χ3v) is 3.62. The van der Waals surface area contributed by atoms with Gasteiger partial charge in [-0.25, -0.2) is 9.97 Å². The number of hydrogen-bond donors (Lipinski definition) is 2. The molecule has 8 nitrogen and oxygen atoms in total. The summed E-state index contributed by atoms with van der Waals surface area (Å²) < 4.78 is 3.70. The molecule has 0 saturated heterocycles. The lowest BCUT2D eigenvalue weighted by Crippen LogP contribution is -2.36. The second-order valence-corrected chi connectivity index (χ2v) is 5.22. The van der Waals surface area contributed by atoms with E-state index >= 15 is 0 Å². The zero-order chi connectivity index (χ0) is 16.8. The van der Waals surface area contributed by atoms with Gasteiger partial charge in [-0.1, -0.05) is 6.07 Å². The van der Waals surface area contributed by atoms with Gasteiger partial charge < -0.3 is 10.6 Å². The van der Waals surface area contributed by atoms with E-state index in [1.54, 1.807) is 25.8 Å². The van der Waals surface area contributed by atoms with Gasteiger partial charge in [-0.15, -0.1) is 0 Å². The molecule has 0 fully saturated rings. The smallest absolute Gasteiger partial charge is 0.191 e. The fraction of sp³-hybridized carbons (Fsp3) is 0.250. The highest BCUT2D eigenvalue weighted by Gasteiger charge is 2.03. The van der Waals surface area contributed by atoms with Crippen molar-refractivity contribution in [3.05, 3.63) is 60.6 Å². The van der Waals surface area contributed by atoms with Gasteiger partial charge in [-0.3, -0.25) is 14.2 Å². The predicted octanol–water partition coefficient (Wildman–Crippen LogP) is 0.866. The van der Waals surface area contributed by atoms with Crippen molar-refractivity contribution >= 4 is 5.96 Å². The summed E-state index contributed by atoms with van der Waals surface area (Å²) in [5.74, 6) is 1.57. The van der Waals surface area contributed by atoms with E-state index in [-0.39, 0.29) is 0 Å². The third-order valence-electron chi connectivity index (χ3n) is 3.62. The quantitative estimate of drug-likeness (QED) is 0.537. The van der Waals surface area contributed by atoms with Gasteiger partial charge in [0.05, 0.1) is 12.2 Å². The highest BCUT2D eigenvalue weighted by atomic mass is 15.3. The molecule has 3 aromatic rings. The number of guanidine groups is 1. The lowest BCUT2D eigenvalue weighted by molar-refractivity contribution is 0.684. The van der Waals surface area contributed by atoms with Crippen LogP contribution in [0.15, 0.2) is 54.3 Å². The molecule has 3 heterocycles. The minimum absolute atomic E-state index is 0.641. The molecule has 0 spiro atoms. The fourth-order valence-corrected chi connectivity index (χ4v) is 2.22. The number of pyridine rings is 1. The van der Waals surface area contributed by atoms with Crippen LogP contribution in [0.25, 0.3) is 5.82 Å². The zero-order valence-electron chi connectivity index (χ0n) is 13.7. The molecular formula is C16H20N8. The lowest BCUT2D eigenvalue weighted by atomic mass is 10.3. The van der Waals surface area contributed by atoms with Crippen molar-refractivity contribution in [3.8, 4) is 5.82 Å². The van der Waals surface area contributed by atoms with Crippen LogP contribution in [-0.4, -0.2) is 37.3 Å². The topological polar surface area (TPSA) is 84.9 Å². The van der Waals surface area contributed by atoms with Gasteiger partial charge in [-0.05, 0) is 17.7 Å². The van der Waals surface area contributed by atoms with Crippen LogP contribution in [0, 0.1) is 0 Å². The summed E-state index contributed by atoms with van der Waals surface area (Å²) in [7, 11) is 3.67. The van der Waals surface area contributed by atoms with Crippen molar-refractivity contribution < 1.29 is 0 Å². The van der Waals surface area contributed by atoms with Crippen molar-refractivity contribution in [2.24, 2.45) is 12.0 Å². The number of nitrogens with zero attached hydrogens (tertiary/aromatic N) is 6. The lowest BCUT2D eigenvalue weighted by Gasteiger charge is -2.12. The highest BCUT2D eigenvalue weighted by molar-refractivity contribution is 5.79. The summed E-state index contributed by atoms with van der Waals surface area (Å²) in [5.41, 5.74) is 2.16. The van der Waals surface area contributed by atoms with Crippen LogP contribution in [0.4, 0.5) is 0 Å². The summed E-state index contributed by atoms with van der Waals surface area (Å²) in [4.78, 5) is 12.7. The molecule has 2 N–H and O–H groups in total. The van der Waals surface area contributed by atoms with Crippen LogP contribution in [0.1, 0.15) is 11.3 Å². The Kier molecular flexibility index (Phi) is 4.85. The van der Waals surface area contributed by atoms with Crippen LogP contribution in [0.3, 0.4) is 0 Å². The second-order valence-electron chi connectivity index (χ2n) is 5.22. The molecule has 3 aromatic heterocycles. The average Bonchev–Trinajstić information content (AvgIpc) is 3.28. The number of aryl methyl sites for hydroxylation is 1. The standard InChI is InChI=1S/C16H20N8/c1-17-16(21-11-14-5-6-22-23(14)2)20-10-13-3-4-15(19-9-13)24-8-7-18-12-24/h3-9,12H,10-11H2,1-2H3,(H2,17,20,21). The molecule has 0 radical (unpaired) electrons. The summed E-state index contributed by atoms with van der Waals surface area (Å²) in [6.07, 6.45) is 8.95. The Morgan fingerprint density at radius 1 is 1.17 bits per heavy atom. The molecule has 0 aromatic carbocycles. The molecule has 124 valence electrons. The van der Waals surface area contributed by atoms with E-state index in [1.807, 2.05) is 46.9 Å². The van der Waals surface area contributed by atoms with Gasteiger partial charge in [0, 0.05) is 45.4 Å². The van der Waals surface area contributed by atoms with E-state index in [0.29, 0.717) is 13.1 Å². The number of hydrogen-bond acceptors (Lipinski definition) is 4. The highest BCUT2D eigenvalue weighted by Crippen LogP contribution is 2.05. The van der Waals surface area contributed by atoms with Gasteiger partial charge >= 0.3 is 0 Å². The van der Waals surface area contributed by atoms with Gasteiger partial charge in [0.25, 0.3) is 0 Å². The predicted molar refractivity (Wildman–Crippen MR) is 91.6 cm³/mol. The molecule has 0 aliphatic rings. The second kappa shape index (κ2) is 7.40. The summed E-state index contributed by atoms with van der Waals surface area (Å²) in [6.45, 7) is 1.30. The first-order valence-electron chi connectivity index (χ1n) is 7.61. The fourth-order valence-electron chi connectivity index (χ4n) is 2.22. The molecule has 24 heavy (non-hydrogen) atoms. The number of aromatic nitrogens is 5. The molecule has 0 saturated carbocycles. The Labute approximate surface area is 140 Å². The molecular weight excluding hydrogens is 304 g/mol. The first kappa shape index (κ1) is 15.7. The minimum Gasteiger partial charge on any atom is -0.352 e. The van der Waals surface area contributed by atoms with Gasteiger partial charge in [0.1, 0.15) is 12.1 Å². The molecule has 8 heteroatoms. The van der Waals surface area contributed by atoms with Crippen molar-refractivity contribution in [1.82, 2.24) is 34.9 Å². The first-order chi connectivity index (χ1) is 11.8. The van der Waals surface area contributed by atoms with E-state index in [0.717, 1.165) is 23.0 Å². The number of rotatable bonds is 5. The largest absolute Gasteiger partial charge is 0.352 e. The van der Waals surface area contributed by atoms with Crippen molar-refractivity contribution in [2.45, 2.75) is 13.1 Å². The monoisotopic (exact) mass is 324 g/mol. The maximum atomic E-state index is 4.43. The molecule has 0 unspecified atom stereocenters. The number of imidazole rings is 1. The SMILES string of the molecule is CN=C(NCc1ccc(-n2ccnc2)nc1)NCc1ccnn1C. The molecule has 0 aliphatic carbocycles. The summed E-state index contributed by atoms with van der Waals surface area (Å²) >= 11 is 0.